The highest BCUT2D eigenvalue weighted by molar-refractivity contribution is 6.08. The Morgan fingerprint density at radius 1 is 1.48 bits per heavy atom. The molecule has 8 heteroatoms. The number of fused-ring (bicyclic) bond motifs is 2. The number of amides is 3. The van der Waals surface area contributed by atoms with Gasteiger partial charge in [0.15, 0.2) is 11.6 Å². The van der Waals surface area contributed by atoms with Gasteiger partial charge in [0, 0.05) is 12.0 Å². The van der Waals surface area contributed by atoms with Crippen LogP contribution in [0.3, 0.4) is 0 Å². The van der Waals surface area contributed by atoms with Gasteiger partial charge in [-0.05, 0) is 24.6 Å². The summed E-state index contributed by atoms with van der Waals surface area (Å²) in [6, 6.07) is 2.89. The quantitative estimate of drug-likeness (QED) is 0.639. The highest BCUT2D eigenvalue weighted by Crippen LogP contribution is 2.41. The summed E-state index contributed by atoms with van der Waals surface area (Å²) in [7, 11) is 0. The lowest BCUT2D eigenvalue weighted by Crippen LogP contribution is -2.52. The van der Waals surface area contributed by atoms with Crippen LogP contribution >= 0.6 is 0 Å². The molecule has 0 saturated carbocycles. The van der Waals surface area contributed by atoms with Crippen molar-refractivity contribution in [2.45, 2.75) is 31.4 Å². The SMILES string of the molecule is CCCOC(=O)C1CC2(NC(=O)NC2=O)c2cc(F)ccc2O1. The Morgan fingerprint density at radius 2 is 2.26 bits per heavy atom. The van der Waals surface area contributed by atoms with Crippen molar-refractivity contribution in [1.29, 1.82) is 0 Å². The molecule has 2 aliphatic heterocycles. The topological polar surface area (TPSA) is 93.7 Å². The maximum Gasteiger partial charge on any atom is 0.347 e. The lowest BCUT2D eigenvalue weighted by Gasteiger charge is -2.36. The molecule has 1 fully saturated rings. The Kier molecular flexibility index (Phi) is 3.67. The number of hydrogen-bond acceptors (Lipinski definition) is 5. The standard InChI is InChI=1S/C15H15FN2O5/c1-2-5-22-12(19)11-7-15(13(20)17-14(21)18-15)9-6-8(16)3-4-10(9)23-11/h3-4,6,11H,2,5,7H2,1H3,(H2,17,18,20,21). The number of rotatable bonds is 3. The van der Waals surface area contributed by atoms with Gasteiger partial charge in [-0.2, -0.15) is 0 Å². The van der Waals surface area contributed by atoms with Crippen molar-refractivity contribution in [3.05, 3.63) is 29.6 Å². The maximum atomic E-state index is 13.6. The third-order valence-corrected chi connectivity index (χ3v) is 3.82. The van der Waals surface area contributed by atoms with E-state index < -0.39 is 35.4 Å². The molecule has 1 saturated heterocycles. The van der Waals surface area contributed by atoms with E-state index in [0.717, 1.165) is 12.1 Å². The van der Waals surface area contributed by atoms with E-state index in [-0.39, 0.29) is 24.3 Å². The molecule has 7 nitrogen and oxygen atoms in total. The number of imide groups is 1. The Hall–Kier alpha value is -2.64. The number of hydrogen-bond donors (Lipinski definition) is 2. The van der Waals surface area contributed by atoms with Gasteiger partial charge in [0.25, 0.3) is 5.91 Å². The van der Waals surface area contributed by atoms with E-state index >= 15 is 0 Å². The fourth-order valence-electron chi connectivity index (χ4n) is 2.77. The molecule has 2 unspecified atom stereocenters. The van der Waals surface area contributed by atoms with Crippen molar-refractivity contribution in [2.75, 3.05) is 6.61 Å². The zero-order valence-corrected chi connectivity index (χ0v) is 12.3. The zero-order valence-electron chi connectivity index (χ0n) is 12.3. The van der Waals surface area contributed by atoms with Crippen molar-refractivity contribution < 1.29 is 28.2 Å². The molecule has 0 aromatic heterocycles. The Bertz CT molecular complexity index is 692. The van der Waals surface area contributed by atoms with E-state index in [0.29, 0.717) is 6.42 Å². The summed E-state index contributed by atoms with van der Waals surface area (Å²) in [6.07, 6.45) is -0.588. The Morgan fingerprint density at radius 3 is 2.91 bits per heavy atom. The molecule has 122 valence electrons. The monoisotopic (exact) mass is 322 g/mol. The van der Waals surface area contributed by atoms with Crippen molar-refractivity contribution in [2.24, 2.45) is 0 Å². The van der Waals surface area contributed by atoms with Gasteiger partial charge in [-0.1, -0.05) is 6.92 Å². The third-order valence-electron chi connectivity index (χ3n) is 3.82. The zero-order chi connectivity index (χ0) is 16.6. The fraction of sp³-hybridized carbons (Fsp3) is 0.400. The summed E-state index contributed by atoms with van der Waals surface area (Å²) < 4.78 is 24.2. The van der Waals surface area contributed by atoms with Crippen molar-refractivity contribution >= 4 is 17.9 Å². The average molecular weight is 322 g/mol. The molecule has 1 spiro atoms. The highest BCUT2D eigenvalue weighted by Gasteiger charge is 2.55. The number of urea groups is 1. The van der Waals surface area contributed by atoms with E-state index in [4.69, 9.17) is 9.47 Å². The first-order chi connectivity index (χ1) is 11.0. The average Bonchev–Trinajstić information content (AvgIpc) is 2.79. The molecule has 2 aliphatic rings. The second-order valence-corrected chi connectivity index (χ2v) is 5.43. The van der Waals surface area contributed by atoms with E-state index in [1.807, 2.05) is 6.92 Å². The van der Waals surface area contributed by atoms with Gasteiger partial charge >= 0.3 is 12.0 Å². The van der Waals surface area contributed by atoms with Gasteiger partial charge < -0.3 is 14.8 Å². The van der Waals surface area contributed by atoms with Crippen LogP contribution in [0.2, 0.25) is 0 Å². The highest BCUT2D eigenvalue weighted by atomic mass is 19.1. The van der Waals surface area contributed by atoms with E-state index in [9.17, 15) is 18.8 Å². The first-order valence-electron chi connectivity index (χ1n) is 7.23. The number of benzene rings is 1. The van der Waals surface area contributed by atoms with E-state index in [1.54, 1.807) is 0 Å². The van der Waals surface area contributed by atoms with Crippen LogP contribution in [0, 0.1) is 5.82 Å². The van der Waals surface area contributed by atoms with Crippen LogP contribution in [0.15, 0.2) is 18.2 Å². The summed E-state index contributed by atoms with van der Waals surface area (Å²) in [6.45, 7) is 2.07. The Labute approximate surface area is 131 Å². The molecule has 1 aromatic carbocycles. The Balaban J connectivity index is 2.01. The molecule has 3 amide bonds. The summed E-state index contributed by atoms with van der Waals surface area (Å²) >= 11 is 0. The predicted molar refractivity (Wildman–Crippen MR) is 75.0 cm³/mol. The third kappa shape index (κ3) is 2.49. The van der Waals surface area contributed by atoms with Gasteiger partial charge in [0.05, 0.1) is 6.61 Å². The van der Waals surface area contributed by atoms with Crippen molar-refractivity contribution in [1.82, 2.24) is 10.6 Å². The fourth-order valence-corrected chi connectivity index (χ4v) is 2.77. The largest absolute Gasteiger partial charge is 0.478 e. The van der Waals surface area contributed by atoms with Crippen LogP contribution in [0.5, 0.6) is 5.75 Å². The number of carbonyl (C=O) groups excluding carboxylic acids is 3. The second-order valence-electron chi connectivity index (χ2n) is 5.43. The minimum absolute atomic E-state index is 0.161. The van der Waals surface area contributed by atoms with Crippen LogP contribution in [0.4, 0.5) is 9.18 Å². The van der Waals surface area contributed by atoms with Crippen LogP contribution in [0.1, 0.15) is 25.3 Å². The van der Waals surface area contributed by atoms with Crippen LogP contribution in [-0.2, 0) is 19.9 Å². The minimum Gasteiger partial charge on any atom is -0.478 e. The number of esters is 1. The molecular weight excluding hydrogens is 307 g/mol. The maximum absolute atomic E-state index is 13.6. The number of ether oxygens (including phenoxy) is 2. The molecule has 2 heterocycles. The lowest BCUT2D eigenvalue weighted by atomic mass is 9.81. The van der Waals surface area contributed by atoms with Gasteiger partial charge in [0.1, 0.15) is 11.6 Å². The molecule has 2 atom stereocenters. The molecule has 0 radical (unpaired) electrons. The van der Waals surface area contributed by atoms with Gasteiger partial charge in [0.2, 0.25) is 0 Å². The van der Waals surface area contributed by atoms with Crippen LogP contribution in [0.25, 0.3) is 0 Å². The molecule has 3 rings (SSSR count). The number of nitrogens with one attached hydrogen (secondary N) is 2. The molecular formula is C15H15FN2O5. The number of halogens is 1. The van der Waals surface area contributed by atoms with Crippen molar-refractivity contribution in [3.63, 3.8) is 0 Å². The molecule has 1 aromatic rings. The minimum atomic E-state index is -1.54. The van der Waals surface area contributed by atoms with Crippen molar-refractivity contribution in [3.8, 4) is 5.75 Å². The van der Waals surface area contributed by atoms with E-state index in [1.165, 1.54) is 6.07 Å². The van der Waals surface area contributed by atoms with Crippen LogP contribution < -0.4 is 15.4 Å². The molecule has 0 aliphatic carbocycles. The van der Waals surface area contributed by atoms with Gasteiger partial charge in [-0.25, -0.2) is 14.0 Å². The summed E-state index contributed by atoms with van der Waals surface area (Å²) in [5, 5.41) is 4.61. The smallest absolute Gasteiger partial charge is 0.347 e. The van der Waals surface area contributed by atoms with Crippen LogP contribution in [-0.4, -0.2) is 30.6 Å². The van der Waals surface area contributed by atoms with Gasteiger partial charge in [-0.3, -0.25) is 10.1 Å². The summed E-state index contributed by atoms with van der Waals surface area (Å²) in [5.41, 5.74) is -1.36. The molecule has 23 heavy (non-hydrogen) atoms. The number of carbonyl (C=O) groups is 3. The lowest BCUT2D eigenvalue weighted by molar-refractivity contribution is -0.154. The summed E-state index contributed by atoms with van der Waals surface area (Å²) in [4.78, 5) is 36.0. The first-order valence-corrected chi connectivity index (χ1v) is 7.23. The molecule has 2 N–H and O–H groups in total. The molecule has 0 bridgehead atoms. The summed E-state index contributed by atoms with van der Waals surface area (Å²) in [5.74, 6) is -1.69. The predicted octanol–water partition coefficient (Wildman–Crippen LogP) is 0.965. The van der Waals surface area contributed by atoms with Gasteiger partial charge in [-0.15, -0.1) is 0 Å². The normalized spacial score (nSPS) is 25.4. The van der Waals surface area contributed by atoms with E-state index in [2.05, 4.69) is 10.6 Å². The first kappa shape index (κ1) is 15.3. The second kappa shape index (κ2) is 5.53.